The lowest BCUT2D eigenvalue weighted by Gasteiger charge is -2.38. The summed E-state index contributed by atoms with van der Waals surface area (Å²) in [5, 5.41) is 5.42. The summed E-state index contributed by atoms with van der Waals surface area (Å²) < 4.78 is 19.5. The molecule has 2 rings (SSSR count). The van der Waals surface area contributed by atoms with E-state index in [4.69, 9.17) is 9.88 Å². The smallest absolute Gasteiger partial charge is 0.410 e. The fraction of sp³-hybridized carbons (Fsp3) is 0.643. The molecule has 0 atom stereocenters. The molecule has 21 heavy (non-hydrogen) atoms. The number of hydrogen-bond acceptors (Lipinski definition) is 5. The van der Waals surface area contributed by atoms with Gasteiger partial charge in [0.1, 0.15) is 15.6 Å². The van der Waals surface area contributed by atoms with Gasteiger partial charge in [0.25, 0.3) is 0 Å². The van der Waals surface area contributed by atoms with Crippen molar-refractivity contribution in [1.29, 1.82) is 0 Å². The number of ether oxygens (including phenoxy) is 1. The van der Waals surface area contributed by atoms with Crippen molar-refractivity contribution in [1.82, 2.24) is 4.90 Å². The summed E-state index contributed by atoms with van der Waals surface area (Å²) in [6.07, 6.45) is 2.74. The number of nitrogens with zero attached hydrogens (tertiary/aromatic N) is 1. The zero-order chi connectivity index (χ0) is 15.6. The lowest BCUT2D eigenvalue weighted by atomic mass is 9.91. The fourth-order valence-corrected chi connectivity index (χ4v) is 3.53. The third-order valence-corrected chi connectivity index (χ3v) is 5.12. The molecule has 0 bridgehead atoms. The van der Waals surface area contributed by atoms with E-state index in [0.29, 0.717) is 10.8 Å². The van der Waals surface area contributed by atoms with E-state index >= 15 is 0 Å². The van der Waals surface area contributed by atoms with Crippen LogP contribution >= 0.6 is 23.3 Å². The van der Waals surface area contributed by atoms with Crippen molar-refractivity contribution < 1.29 is 13.9 Å². The number of carbonyl (C=O) groups excluding carboxylic acids is 1. The maximum atomic E-state index is 13.6. The van der Waals surface area contributed by atoms with Crippen molar-refractivity contribution in [2.75, 3.05) is 0 Å². The van der Waals surface area contributed by atoms with Crippen LogP contribution in [0.25, 0.3) is 0 Å². The van der Waals surface area contributed by atoms with Gasteiger partial charge in [-0.15, -0.1) is 11.3 Å². The predicted octanol–water partition coefficient (Wildman–Crippen LogP) is 4.14. The van der Waals surface area contributed by atoms with E-state index in [1.165, 1.54) is 17.4 Å². The van der Waals surface area contributed by atoms with E-state index in [2.05, 4.69) is 0 Å². The van der Waals surface area contributed by atoms with Gasteiger partial charge in [-0.2, -0.15) is 0 Å². The highest BCUT2D eigenvalue weighted by Gasteiger charge is 2.32. The average molecular weight is 332 g/mol. The highest BCUT2D eigenvalue weighted by atomic mass is 32.2. The van der Waals surface area contributed by atoms with Crippen molar-refractivity contribution in [2.24, 2.45) is 5.14 Å². The molecule has 0 spiro atoms. The largest absolute Gasteiger partial charge is 0.444 e. The molecule has 2 N–H and O–H groups in total. The second-order valence-electron chi connectivity index (χ2n) is 6.16. The number of halogens is 1. The number of nitrogens with two attached hydrogens (primary N) is 1. The Morgan fingerprint density at radius 1 is 1.57 bits per heavy atom. The topological polar surface area (TPSA) is 55.6 Å². The predicted molar refractivity (Wildman–Crippen MR) is 83.7 cm³/mol. The summed E-state index contributed by atoms with van der Waals surface area (Å²) in [7, 11) is 0. The van der Waals surface area contributed by atoms with Crippen LogP contribution < -0.4 is 5.14 Å². The Morgan fingerprint density at radius 3 is 2.67 bits per heavy atom. The van der Waals surface area contributed by atoms with Crippen molar-refractivity contribution >= 4 is 29.4 Å². The van der Waals surface area contributed by atoms with Crippen LogP contribution in [-0.4, -0.2) is 22.6 Å². The van der Waals surface area contributed by atoms with E-state index in [-0.39, 0.29) is 18.0 Å². The minimum atomic E-state index is -0.530. The summed E-state index contributed by atoms with van der Waals surface area (Å²) >= 11 is 2.19. The minimum Gasteiger partial charge on any atom is -0.444 e. The third-order valence-electron chi connectivity index (χ3n) is 3.28. The summed E-state index contributed by atoms with van der Waals surface area (Å²) in [5.74, 6) is -0.319. The van der Waals surface area contributed by atoms with Crippen molar-refractivity contribution in [3.8, 4) is 0 Å². The van der Waals surface area contributed by atoms with Crippen LogP contribution in [0.4, 0.5) is 9.18 Å². The lowest BCUT2D eigenvalue weighted by molar-refractivity contribution is 0.00488. The highest BCUT2D eigenvalue weighted by molar-refractivity contribution is 7.99. The normalized spacial score (nSPS) is 15.7. The van der Waals surface area contributed by atoms with E-state index < -0.39 is 5.60 Å². The van der Waals surface area contributed by atoms with Gasteiger partial charge in [-0.1, -0.05) is 0 Å². The second kappa shape index (κ2) is 6.54. The average Bonchev–Trinajstić information content (AvgIpc) is 2.64. The highest BCUT2D eigenvalue weighted by Crippen LogP contribution is 2.32. The molecule has 1 fully saturated rings. The van der Waals surface area contributed by atoms with Gasteiger partial charge in [0.05, 0.1) is 6.54 Å². The van der Waals surface area contributed by atoms with E-state index in [1.54, 1.807) is 4.90 Å². The molecule has 1 saturated carbocycles. The molecule has 118 valence electrons. The van der Waals surface area contributed by atoms with Crippen LogP contribution in [-0.2, 0) is 11.3 Å². The molecular weight excluding hydrogens is 311 g/mol. The monoisotopic (exact) mass is 332 g/mol. The van der Waals surface area contributed by atoms with Crippen LogP contribution in [0.1, 0.15) is 44.9 Å². The Morgan fingerprint density at radius 2 is 2.24 bits per heavy atom. The molecule has 1 aromatic rings. The minimum absolute atomic E-state index is 0.194. The maximum absolute atomic E-state index is 13.6. The van der Waals surface area contributed by atoms with Gasteiger partial charge in [-0.3, -0.25) is 5.14 Å². The van der Waals surface area contributed by atoms with Gasteiger partial charge in [0.15, 0.2) is 0 Å². The van der Waals surface area contributed by atoms with E-state index in [9.17, 15) is 9.18 Å². The number of rotatable bonds is 4. The SMILES string of the molecule is CC(C)(C)OC(=O)N(Cc1cc(F)c(SN)s1)C1CCC1. The van der Waals surface area contributed by atoms with Gasteiger partial charge in [-0.05, 0) is 58.0 Å². The second-order valence-corrected chi connectivity index (χ2v) is 8.20. The van der Waals surface area contributed by atoms with Crippen LogP contribution in [0.15, 0.2) is 10.3 Å². The molecule has 1 aliphatic carbocycles. The fourth-order valence-electron chi connectivity index (χ4n) is 2.09. The van der Waals surface area contributed by atoms with Crippen LogP contribution in [0.5, 0.6) is 0 Å². The van der Waals surface area contributed by atoms with Crippen LogP contribution in [0, 0.1) is 5.82 Å². The molecule has 4 nitrogen and oxygen atoms in total. The molecule has 1 amide bonds. The van der Waals surface area contributed by atoms with E-state index in [0.717, 1.165) is 36.1 Å². The van der Waals surface area contributed by atoms with Crippen molar-refractivity contribution in [2.45, 2.75) is 62.4 Å². The van der Waals surface area contributed by atoms with Crippen molar-refractivity contribution in [3.05, 3.63) is 16.8 Å². The first-order chi connectivity index (χ1) is 9.80. The quantitative estimate of drug-likeness (QED) is 0.842. The zero-order valence-corrected chi connectivity index (χ0v) is 14.2. The molecular formula is C14H21FN2O2S2. The Labute approximate surface area is 133 Å². The molecule has 0 aliphatic heterocycles. The summed E-state index contributed by atoms with van der Waals surface area (Å²) in [5.41, 5.74) is -0.530. The zero-order valence-electron chi connectivity index (χ0n) is 12.5. The van der Waals surface area contributed by atoms with Gasteiger partial charge >= 0.3 is 6.09 Å². The standard InChI is InChI=1S/C14H21FN2O2S2/c1-14(2,3)19-13(18)17(9-5-4-6-9)8-10-7-11(15)12(20-10)21-16/h7,9H,4-6,8,16H2,1-3H3. The summed E-state index contributed by atoms with van der Waals surface area (Å²) in [6.45, 7) is 5.91. The molecule has 1 aromatic heterocycles. The maximum Gasteiger partial charge on any atom is 0.410 e. The Kier molecular flexibility index (Phi) is 5.16. The van der Waals surface area contributed by atoms with E-state index in [1.807, 2.05) is 20.8 Å². The Bertz CT molecular complexity index is 510. The molecule has 7 heteroatoms. The number of hydrogen-bond donors (Lipinski definition) is 1. The molecule has 0 radical (unpaired) electrons. The summed E-state index contributed by atoms with van der Waals surface area (Å²) in [6, 6.07) is 1.65. The number of carbonyl (C=O) groups is 1. The third kappa shape index (κ3) is 4.34. The first-order valence-corrected chi connectivity index (χ1v) is 8.64. The molecule has 1 heterocycles. The molecule has 0 aromatic carbocycles. The molecule has 0 saturated heterocycles. The van der Waals surface area contributed by atoms with Gasteiger partial charge in [0, 0.05) is 10.9 Å². The first-order valence-electron chi connectivity index (χ1n) is 6.94. The summed E-state index contributed by atoms with van der Waals surface area (Å²) in [4.78, 5) is 14.8. The van der Waals surface area contributed by atoms with Gasteiger partial charge in [0.2, 0.25) is 0 Å². The molecule has 1 aliphatic rings. The van der Waals surface area contributed by atoms with Gasteiger partial charge < -0.3 is 9.64 Å². The lowest BCUT2D eigenvalue weighted by Crippen LogP contribution is -2.45. The Balaban J connectivity index is 2.10. The Hall–Kier alpha value is -0.790. The van der Waals surface area contributed by atoms with Crippen LogP contribution in [0.3, 0.4) is 0 Å². The van der Waals surface area contributed by atoms with Crippen LogP contribution in [0.2, 0.25) is 0 Å². The van der Waals surface area contributed by atoms with Crippen molar-refractivity contribution in [3.63, 3.8) is 0 Å². The molecule has 0 unspecified atom stereocenters. The number of thiophene rings is 1. The number of amides is 1. The van der Waals surface area contributed by atoms with Gasteiger partial charge in [-0.25, -0.2) is 9.18 Å². The first kappa shape index (κ1) is 16.6.